The van der Waals surface area contributed by atoms with Crippen molar-refractivity contribution >= 4 is 45.5 Å². The lowest BCUT2D eigenvalue weighted by Gasteiger charge is -2.46. The minimum atomic E-state index is -3.86. The monoisotopic (exact) mass is 646 g/mol. The highest BCUT2D eigenvalue weighted by atomic mass is 32.2. The molecule has 0 N–H and O–H groups in total. The zero-order valence-corrected chi connectivity index (χ0v) is 28.3. The van der Waals surface area contributed by atoms with E-state index in [0.717, 1.165) is 52.0 Å². The molecule has 0 bridgehead atoms. The maximum atomic E-state index is 16.6. The van der Waals surface area contributed by atoms with Gasteiger partial charge in [-0.15, -0.1) is 0 Å². The van der Waals surface area contributed by atoms with E-state index in [9.17, 15) is 8.42 Å². The highest BCUT2D eigenvalue weighted by Gasteiger charge is 2.56. The zero-order chi connectivity index (χ0) is 31.8. The molecule has 9 heteroatoms. The number of pyridine rings is 1. The molecule has 6 nitrogen and oxygen atoms in total. The van der Waals surface area contributed by atoms with Gasteiger partial charge in [-0.25, -0.2) is 9.37 Å². The van der Waals surface area contributed by atoms with Crippen LogP contribution in [-0.2, 0) is 25.1 Å². The first-order valence-corrected chi connectivity index (χ1v) is 19.6. The lowest BCUT2D eigenvalue weighted by Crippen LogP contribution is -2.68. The van der Waals surface area contributed by atoms with E-state index in [4.69, 9.17) is 13.6 Å². The Morgan fingerprint density at radius 1 is 0.933 bits per heavy atom. The number of aromatic nitrogens is 1. The third-order valence-corrected chi connectivity index (χ3v) is 15.1. The largest absolute Gasteiger partial charge is 0.401 e. The van der Waals surface area contributed by atoms with Crippen molar-refractivity contribution in [2.24, 2.45) is 5.92 Å². The first-order chi connectivity index (χ1) is 21.4. The highest BCUT2D eigenvalue weighted by molar-refractivity contribution is 7.86. The molecule has 45 heavy (non-hydrogen) atoms. The smallest absolute Gasteiger partial charge is 0.264 e. The molecule has 4 aromatic rings. The van der Waals surface area contributed by atoms with Crippen LogP contribution in [0.15, 0.2) is 91.0 Å². The van der Waals surface area contributed by atoms with Crippen LogP contribution in [0, 0.1) is 5.92 Å². The van der Waals surface area contributed by atoms with Crippen LogP contribution in [0.1, 0.15) is 45.6 Å². The lowest BCUT2D eigenvalue weighted by atomic mass is 9.96. The second-order valence-electron chi connectivity index (χ2n) is 13.6. The summed E-state index contributed by atoms with van der Waals surface area (Å²) in [5.41, 5.74) is 2.06. The van der Waals surface area contributed by atoms with Gasteiger partial charge in [-0.2, -0.15) is 8.42 Å². The summed E-state index contributed by atoms with van der Waals surface area (Å²) in [7, 11) is -6.97. The van der Waals surface area contributed by atoms with Gasteiger partial charge in [0.2, 0.25) is 0 Å². The molecule has 238 valence electrons. The molecule has 2 fully saturated rings. The minimum absolute atomic E-state index is 0.246. The third-order valence-electron chi connectivity index (χ3n) is 9.42. The number of aryl methyl sites for hydroxylation is 1. The summed E-state index contributed by atoms with van der Waals surface area (Å²) in [5.74, 6) is 0.756. The number of hydrogen-bond donors (Lipinski definition) is 0. The predicted molar refractivity (Wildman–Crippen MR) is 182 cm³/mol. The van der Waals surface area contributed by atoms with E-state index in [2.05, 4.69) is 80.3 Å². The molecule has 1 aliphatic carbocycles. The number of fused-ring (bicyclic) bond motifs is 1. The van der Waals surface area contributed by atoms with Gasteiger partial charge in [-0.05, 0) is 70.8 Å². The van der Waals surface area contributed by atoms with Crippen LogP contribution in [-0.4, -0.2) is 59.4 Å². The van der Waals surface area contributed by atoms with Crippen molar-refractivity contribution in [1.29, 1.82) is 0 Å². The number of benzene rings is 3. The zero-order valence-electron chi connectivity index (χ0n) is 26.5. The van der Waals surface area contributed by atoms with Crippen molar-refractivity contribution < 1.29 is 21.4 Å². The van der Waals surface area contributed by atoms with Gasteiger partial charge in [-0.3, -0.25) is 4.18 Å². The van der Waals surface area contributed by atoms with Crippen LogP contribution in [0.25, 0.3) is 10.9 Å². The summed E-state index contributed by atoms with van der Waals surface area (Å²) in [6, 6.07) is 30.8. The second kappa shape index (κ2) is 12.6. The molecule has 1 saturated carbocycles. The van der Waals surface area contributed by atoms with E-state index in [1.54, 1.807) is 0 Å². The molecule has 2 heterocycles. The molecule has 0 amide bonds. The van der Waals surface area contributed by atoms with Crippen molar-refractivity contribution in [3.63, 3.8) is 0 Å². The van der Waals surface area contributed by atoms with Gasteiger partial charge in [0.15, 0.2) is 6.17 Å². The molecule has 4 atom stereocenters. The standard InChI is InChI=1S/C36H43FN2O4SSi/c1-36(2,3)45(29-12-7-5-8-13-29,30-14-9-6-10-15-30)43-35-28(25-32(34(35)37)42-44(4,40)41)19-17-26-16-18-27-20-21-33(38-31(27)24-26)39-22-11-23-39/h5-10,12-16,18,20-21,24,28,32,34-35H,11,17,19,22-23,25H2,1-4H3/t28-,32-,34+,35+/m0/s1. The van der Waals surface area contributed by atoms with E-state index in [0.29, 0.717) is 12.8 Å². The van der Waals surface area contributed by atoms with E-state index < -0.39 is 36.8 Å². The van der Waals surface area contributed by atoms with Gasteiger partial charge >= 0.3 is 0 Å². The Balaban J connectivity index is 1.34. The Bertz CT molecular complexity index is 1690. The Morgan fingerprint density at radius 2 is 1.56 bits per heavy atom. The Morgan fingerprint density at radius 3 is 2.11 bits per heavy atom. The SMILES string of the molecule is CC(C)(C)[Si](O[C@@H]1[C@@H](CCc2ccc3ccc(N4CCC4)nc3c2)C[C@H](OS(C)(=O)=O)[C@H]1F)(c1ccccc1)c1ccccc1. The summed E-state index contributed by atoms with van der Waals surface area (Å²) in [6.07, 6.45) is 0.245. The van der Waals surface area contributed by atoms with Gasteiger partial charge in [-0.1, -0.05) is 93.6 Å². The Kier molecular flexibility index (Phi) is 8.91. The highest BCUT2D eigenvalue weighted by Crippen LogP contribution is 2.44. The number of hydrogen-bond acceptors (Lipinski definition) is 6. The molecule has 2 aliphatic rings. The second-order valence-corrected chi connectivity index (χ2v) is 19.5. The minimum Gasteiger partial charge on any atom is -0.401 e. The molecule has 0 radical (unpaired) electrons. The van der Waals surface area contributed by atoms with Crippen molar-refractivity contribution in [1.82, 2.24) is 4.98 Å². The average Bonchev–Trinajstić information content (AvgIpc) is 3.25. The molecular weight excluding hydrogens is 604 g/mol. The number of nitrogens with zero attached hydrogens (tertiary/aromatic N) is 2. The van der Waals surface area contributed by atoms with Crippen LogP contribution < -0.4 is 15.3 Å². The maximum absolute atomic E-state index is 16.6. The summed E-state index contributed by atoms with van der Waals surface area (Å²) in [6.45, 7) is 8.56. The molecule has 1 aromatic heterocycles. The molecule has 3 aromatic carbocycles. The van der Waals surface area contributed by atoms with Crippen molar-refractivity contribution in [2.75, 3.05) is 24.2 Å². The van der Waals surface area contributed by atoms with Crippen molar-refractivity contribution in [2.45, 2.75) is 69.9 Å². The molecular formula is C36H43FN2O4SSi. The first kappa shape index (κ1) is 31.9. The maximum Gasteiger partial charge on any atom is 0.264 e. The summed E-state index contributed by atoms with van der Waals surface area (Å²) < 4.78 is 53.6. The number of anilines is 1. The van der Waals surface area contributed by atoms with Gasteiger partial charge in [0.05, 0.1) is 17.9 Å². The molecule has 0 spiro atoms. The number of alkyl halides is 1. The van der Waals surface area contributed by atoms with Crippen LogP contribution in [0.5, 0.6) is 0 Å². The first-order valence-electron chi connectivity index (χ1n) is 15.9. The molecule has 1 saturated heterocycles. The fourth-order valence-electron chi connectivity index (χ4n) is 7.07. The van der Waals surface area contributed by atoms with Crippen LogP contribution >= 0.6 is 0 Å². The van der Waals surface area contributed by atoms with Crippen molar-refractivity contribution in [3.05, 3.63) is 96.6 Å². The average molecular weight is 647 g/mol. The summed E-state index contributed by atoms with van der Waals surface area (Å²) >= 11 is 0. The van der Waals surface area contributed by atoms with E-state index in [1.807, 2.05) is 36.4 Å². The quantitative estimate of drug-likeness (QED) is 0.155. The van der Waals surface area contributed by atoms with E-state index in [-0.39, 0.29) is 17.4 Å². The predicted octanol–water partition coefficient (Wildman–Crippen LogP) is 6.03. The fraction of sp³-hybridized carbons (Fsp3) is 0.417. The van der Waals surface area contributed by atoms with Crippen LogP contribution in [0.2, 0.25) is 5.04 Å². The molecule has 6 rings (SSSR count). The van der Waals surface area contributed by atoms with E-state index in [1.165, 1.54) is 6.42 Å². The Labute approximate surface area is 267 Å². The Hall–Kier alpha value is -3.11. The van der Waals surface area contributed by atoms with Gasteiger partial charge in [0.25, 0.3) is 18.4 Å². The van der Waals surface area contributed by atoms with Crippen LogP contribution in [0.3, 0.4) is 0 Å². The topological polar surface area (TPSA) is 68.7 Å². The van der Waals surface area contributed by atoms with Gasteiger partial charge in [0.1, 0.15) is 11.9 Å². The van der Waals surface area contributed by atoms with Crippen molar-refractivity contribution in [3.8, 4) is 0 Å². The van der Waals surface area contributed by atoms with Gasteiger partial charge < -0.3 is 9.33 Å². The lowest BCUT2D eigenvalue weighted by molar-refractivity contribution is 0.0468. The molecule has 1 aliphatic heterocycles. The molecule has 0 unspecified atom stereocenters. The number of rotatable bonds is 10. The number of halogens is 1. The third kappa shape index (κ3) is 6.59. The van der Waals surface area contributed by atoms with Crippen LogP contribution in [0.4, 0.5) is 10.2 Å². The summed E-state index contributed by atoms with van der Waals surface area (Å²) in [4.78, 5) is 7.20. The summed E-state index contributed by atoms with van der Waals surface area (Å²) in [5, 5.41) is 2.84. The fourth-order valence-corrected chi connectivity index (χ4v) is 12.4. The van der Waals surface area contributed by atoms with E-state index >= 15 is 4.39 Å². The normalized spacial score (nSPS) is 22.5. The van der Waals surface area contributed by atoms with Gasteiger partial charge in [0, 0.05) is 18.5 Å².